The van der Waals surface area contributed by atoms with E-state index < -0.39 is 11.6 Å². The SMILES string of the molecule is Cc1nc(C(C)(C)NC(=O)Oc2cnc(C3CC3)c(OCC3CC3)n2)no1. The van der Waals surface area contributed by atoms with Gasteiger partial charge in [0.2, 0.25) is 17.7 Å². The van der Waals surface area contributed by atoms with Crippen LogP contribution in [-0.4, -0.2) is 32.8 Å². The molecule has 0 spiro atoms. The molecule has 0 saturated heterocycles. The van der Waals surface area contributed by atoms with Crippen LogP contribution in [0.1, 0.15) is 62.9 Å². The summed E-state index contributed by atoms with van der Waals surface area (Å²) >= 11 is 0. The zero-order valence-corrected chi connectivity index (χ0v) is 15.7. The van der Waals surface area contributed by atoms with Gasteiger partial charge in [0, 0.05) is 12.8 Å². The molecule has 2 aromatic rings. The van der Waals surface area contributed by atoms with E-state index in [-0.39, 0.29) is 5.88 Å². The number of hydrogen-bond acceptors (Lipinski definition) is 8. The molecule has 0 radical (unpaired) electrons. The van der Waals surface area contributed by atoms with E-state index in [9.17, 15) is 4.79 Å². The van der Waals surface area contributed by atoms with E-state index in [1.807, 2.05) is 0 Å². The van der Waals surface area contributed by atoms with Gasteiger partial charge in [0.05, 0.1) is 12.8 Å². The van der Waals surface area contributed by atoms with Gasteiger partial charge in [-0.1, -0.05) is 5.16 Å². The molecular formula is C18H23N5O4. The fourth-order valence-electron chi connectivity index (χ4n) is 2.62. The molecule has 2 heterocycles. The molecule has 0 aromatic carbocycles. The molecule has 0 bridgehead atoms. The lowest BCUT2D eigenvalue weighted by Gasteiger charge is -2.21. The van der Waals surface area contributed by atoms with Crippen molar-refractivity contribution in [2.75, 3.05) is 6.61 Å². The van der Waals surface area contributed by atoms with Crippen LogP contribution in [0, 0.1) is 12.8 Å². The van der Waals surface area contributed by atoms with Crippen molar-refractivity contribution in [1.29, 1.82) is 0 Å². The van der Waals surface area contributed by atoms with Crippen molar-refractivity contribution >= 4 is 6.09 Å². The number of aromatic nitrogens is 4. The molecule has 9 heteroatoms. The first kappa shape index (κ1) is 17.7. The fourth-order valence-corrected chi connectivity index (χ4v) is 2.62. The van der Waals surface area contributed by atoms with Crippen molar-refractivity contribution in [2.45, 2.75) is 57.9 Å². The summed E-state index contributed by atoms with van der Waals surface area (Å²) in [6.07, 6.45) is 5.35. The zero-order valence-electron chi connectivity index (χ0n) is 15.7. The van der Waals surface area contributed by atoms with Crippen molar-refractivity contribution in [3.63, 3.8) is 0 Å². The second kappa shape index (κ2) is 6.79. The van der Waals surface area contributed by atoms with Crippen LogP contribution in [0.3, 0.4) is 0 Å². The van der Waals surface area contributed by atoms with Crippen molar-refractivity contribution < 1.29 is 18.8 Å². The quantitative estimate of drug-likeness (QED) is 0.788. The Hall–Kier alpha value is -2.71. The van der Waals surface area contributed by atoms with E-state index >= 15 is 0 Å². The predicted molar refractivity (Wildman–Crippen MR) is 93.4 cm³/mol. The average Bonchev–Trinajstić information content (AvgIpc) is 3.52. The number of amides is 1. The van der Waals surface area contributed by atoms with Gasteiger partial charge in [0.15, 0.2) is 5.82 Å². The number of hydrogen-bond donors (Lipinski definition) is 1. The van der Waals surface area contributed by atoms with Crippen molar-refractivity contribution in [3.8, 4) is 11.8 Å². The van der Waals surface area contributed by atoms with Crippen LogP contribution in [0.15, 0.2) is 10.7 Å². The minimum atomic E-state index is -0.860. The molecule has 2 fully saturated rings. The Morgan fingerprint density at radius 3 is 2.70 bits per heavy atom. The van der Waals surface area contributed by atoms with Gasteiger partial charge in [-0.3, -0.25) is 0 Å². The van der Waals surface area contributed by atoms with E-state index in [4.69, 9.17) is 14.0 Å². The van der Waals surface area contributed by atoms with Gasteiger partial charge in [0.25, 0.3) is 0 Å². The third kappa shape index (κ3) is 4.35. The van der Waals surface area contributed by atoms with Crippen LogP contribution in [0.5, 0.6) is 11.8 Å². The lowest BCUT2D eigenvalue weighted by molar-refractivity contribution is 0.183. The summed E-state index contributed by atoms with van der Waals surface area (Å²) in [5.74, 6) is 2.36. The van der Waals surface area contributed by atoms with Crippen LogP contribution in [0.4, 0.5) is 4.79 Å². The van der Waals surface area contributed by atoms with Gasteiger partial charge in [-0.05, 0) is 45.4 Å². The molecule has 27 heavy (non-hydrogen) atoms. The van der Waals surface area contributed by atoms with Gasteiger partial charge in [0.1, 0.15) is 11.2 Å². The summed E-state index contributed by atoms with van der Waals surface area (Å²) in [6.45, 7) is 5.83. The number of carbonyl (C=O) groups is 1. The second-order valence-corrected chi connectivity index (χ2v) is 7.70. The van der Waals surface area contributed by atoms with Gasteiger partial charge < -0.3 is 19.3 Å². The third-order valence-electron chi connectivity index (χ3n) is 4.56. The number of rotatable bonds is 7. The van der Waals surface area contributed by atoms with Crippen LogP contribution < -0.4 is 14.8 Å². The minimum absolute atomic E-state index is 0.0998. The number of ether oxygens (including phenoxy) is 2. The summed E-state index contributed by atoms with van der Waals surface area (Å²) in [5.41, 5.74) is -0.00681. The van der Waals surface area contributed by atoms with E-state index in [1.165, 1.54) is 19.0 Å². The molecule has 0 atom stereocenters. The molecule has 4 rings (SSSR count). The summed E-state index contributed by atoms with van der Waals surface area (Å²) in [5, 5.41) is 6.55. The summed E-state index contributed by atoms with van der Waals surface area (Å²) in [4.78, 5) is 25.2. The average molecular weight is 373 g/mol. The van der Waals surface area contributed by atoms with Crippen LogP contribution in [0.2, 0.25) is 0 Å². The molecule has 2 aromatic heterocycles. The Morgan fingerprint density at radius 1 is 1.30 bits per heavy atom. The maximum absolute atomic E-state index is 12.3. The molecule has 1 N–H and O–H groups in total. The number of nitrogens with one attached hydrogen (secondary N) is 1. The Labute approximate surface area is 156 Å². The molecule has 0 aliphatic heterocycles. The van der Waals surface area contributed by atoms with Crippen LogP contribution >= 0.6 is 0 Å². The summed E-state index contributed by atoms with van der Waals surface area (Å²) in [6, 6.07) is 0. The molecule has 2 aliphatic carbocycles. The highest BCUT2D eigenvalue weighted by molar-refractivity contribution is 5.70. The van der Waals surface area contributed by atoms with E-state index in [2.05, 4.69) is 25.4 Å². The molecule has 2 aliphatic rings. The van der Waals surface area contributed by atoms with Gasteiger partial charge in [-0.2, -0.15) is 9.97 Å². The lowest BCUT2D eigenvalue weighted by Crippen LogP contribution is -2.43. The van der Waals surface area contributed by atoms with Gasteiger partial charge in [-0.25, -0.2) is 9.78 Å². The van der Waals surface area contributed by atoms with E-state index in [0.29, 0.717) is 36.0 Å². The molecule has 1 amide bonds. The first-order chi connectivity index (χ1) is 12.9. The van der Waals surface area contributed by atoms with Crippen molar-refractivity contribution in [3.05, 3.63) is 23.6 Å². The lowest BCUT2D eigenvalue weighted by atomic mass is 10.1. The maximum Gasteiger partial charge on any atom is 0.414 e. The third-order valence-corrected chi connectivity index (χ3v) is 4.56. The Bertz CT molecular complexity index is 842. The maximum atomic E-state index is 12.3. The Morgan fingerprint density at radius 2 is 2.07 bits per heavy atom. The smallest absolute Gasteiger partial charge is 0.414 e. The number of carbonyl (C=O) groups excluding carboxylic acids is 1. The first-order valence-electron chi connectivity index (χ1n) is 9.21. The minimum Gasteiger partial charge on any atom is -0.476 e. The monoisotopic (exact) mass is 373 g/mol. The van der Waals surface area contributed by atoms with Crippen molar-refractivity contribution in [2.24, 2.45) is 5.92 Å². The van der Waals surface area contributed by atoms with E-state index in [1.54, 1.807) is 20.8 Å². The van der Waals surface area contributed by atoms with Crippen LogP contribution in [0.25, 0.3) is 0 Å². The Kier molecular flexibility index (Phi) is 4.45. The normalized spacial score (nSPS) is 16.9. The van der Waals surface area contributed by atoms with Gasteiger partial charge in [-0.15, -0.1) is 0 Å². The van der Waals surface area contributed by atoms with E-state index in [0.717, 1.165) is 18.5 Å². The fraction of sp³-hybridized carbons (Fsp3) is 0.611. The summed E-state index contributed by atoms with van der Waals surface area (Å²) < 4.78 is 16.1. The topological polar surface area (TPSA) is 112 Å². The molecule has 144 valence electrons. The van der Waals surface area contributed by atoms with Crippen molar-refractivity contribution in [1.82, 2.24) is 25.4 Å². The van der Waals surface area contributed by atoms with Crippen LogP contribution in [-0.2, 0) is 5.54 Å². The standard InChI is InChI=1S/C18H23N5O4/c1-10-20-16(23-27-10)18(2,3)22-17(24)26-13-8-19-14(12-6-7-12)15(21-13)25-9-11-4-5-11/h8,11-12H,4-7,9H2,1-3H3,(H,22,24). The highest BCUT2D eigenvalue weighted by atomic mass is 16.6. The Balaban J connectivity index is 1.43. The largest absolute Gasteiger partial charge is 0.476 e. The molecule has 2 saturated carbocycles. The summed E-state index contributed by atoms with van der Waals surface area (Å²) in [7, 11) is 0. The predicted octanol–water partition coefficient (Wildman–Crippen LogP) is 2.86. The zero-order chi connectivity index (χ0) is 19.0. The number of nitrogens with zero attached hydrogens (tertiary/aromatic N) is 4. The molecule has 9 nitrogen and oxygen atoms in total. The molecular weight excluding hydrogens is 350 g/mol. The first-order valence-corrected chi connectivity index (χ1v) is 9.21. The highest BCUT2D eigenvalue weighted by Crippen LogP contribution is 2.43. The highest BCUT2D eigenvalue weighted by Gasteiger charge is 2.32. The molecule has 0 unspecified atom stereocenters. The number of aryl methyl sites for hydroxylation is 1. The van der Waals surface area contributed by atoms with Gasteiger partial charge >= 0.3 is 6.09 Å². The second-order valence-electron chi connectivity index (χ2n) is 7.70.